The first-order valence-corrected chi connectivity index (χ1v) is 5.62. The van der Waals surface area contributed by atoms with Gasteiger partial charge in [0.2, 0.25) is 0 Å². The Kier molecular flexibility index (Phi) is 7.03. The highest BCUT2D eigenvalue weighted by Crippen LogP contribution is 2.17. The summed E-state index contributed by atoms with van der Waals surface area (Å²) >= 11 is 0. The van der Waals surface area contributed by atoms with Gasteiger partial charge in [0.05, 0.1) is 4.92 Å². The molecular weight excluding hydrogens is 270 g/mol. The lowest BCUT2D eigenvalue weighted by atomic mass is 10.1. The minimum atomic E-state index is -0.489. The van der Waals surface area contributed by atoms with Crippen LogP contribution >= 0.6 is 12.4 Å². The Bertz CT molecular complexity index is 466. The van der Waals surface area contributed by atoms with Crippen molar-refractivity contribution >= 4 is 24.0 Å². The van der Waals surface area contributed by atoms with Crippen molar-refractivity contribution in [3.63, 3.8) is 0 Å². The van der Waals surface area contributed by atoms with E-state index in [1.807, 2.05) is 0 Å². The molecule has 0 atom stereocenters. The molecule has 0 bridgehead atoms. The third-order valence-corrected chi connectivity index (χ3v) is 2.56. The molecule has 0 aliphatic rings. The van der Waals surface area contributed by atoms with Gasteiger partial charge in [-0.2, -0.15) is 0 Å². The first-order valence-electron chi connectivity index (χ1n) is 5.62. The van der Waals surface area contributed by atoms with Crippen LogP contribution in [0.3, 0.4) is 0 Å². The molecule has 19 heavy (non-hydrogen) atoms. The molecule has 0 saturated carbocycles. The number of nitrogens with zero attached hydrogens (tertiary/aromatic N) is 2. The van der Waals surface area contributed by atoms with Crippen molar-refractivity contribution in [1.29, 1.82) is 0 Å². The van der Waals surface area contributed by atoms with Crippen LogP contribution in [0.2, 0.25) is 0 Å². The first-order chi connectivity index (χ1) is 8.45. The van der Waals surface area contributed by atoms with Gasteiger partial charge >= 0.3 is 0 Å². The zero-order chi connectivity index (χ0) is 13.7. The van der Waals surface area contributed by atoms with E-state index in [2.05, 4.69) is 5.32 Å². The highest BCUT2D eigenvalue weighted by Gasteiger charge is 2.16. The van der Waals surface area contributed by atoms with Crippen LogP contribution in [0.1, 0.15) is 15.9 Å². The second-order valence-corrected chi connectivity index (χ2v) is 4.14. The van der Waals surface area contributed by atoms with Gasteiger partial charge < -0.3 is 10.2 Å². The smallest absolute Gasteiger partial charge is 0.270 e. The molecule has 0 heterocycles. The predicted octanol–water partition coefficient (Wildman–Crippen LogP) is 1.62. The maximum atomic E-state index is 12.1. The van der Waals surface area contributed by atoms with Crippen molar-refractivity contribution in [2.24, 2.45) is 0 Å². The fourth-order valence-electron chi connectivity index (χ4n) is 1.59. The fraction of sp³-hybridized carbons (Fsp3) is 0.417. The van der Waals surface area contributed by atoms with Gasteiger partial charge in [-0.25, -0.2) is 0 Å². The van der Waals surface area contributed by atoms with Crippen LogP contribution in [0, 0.1) is 17.0 Å². The van der Waals surface area contributed by atoms with Crippen molar-refractivity contribution in [3.8, 4) is 0 Å². The summed E-state index contributed by atoms with van der Waals surface area (Å²) in [5.41, 5.74) is 0.996. The lowest BCUT2D eigenvalue weighted by molar-refractivity contribution is -0.384. The van der Waals surface area contributed by atoms with Crippen LogP contribution in [0.25, 0.3) is 0 Å². The summed E-state index contributed by atoms with van der Waals surface area (Å²) in [6.07, 6.45) is 0. The average molecular weight is 288 g/mol. The van der Waals surface area contributed by atoms with Crippen molar-refractivity contribution in [2.75, 3.05) is 27.2 Å². The van der Waals surface area contributed by atoms with E-state index in [0.29, 0.717) is 24.2 Å². The third kappa shape index (κ3) is 4.84. The molecule has 6 nitrogen and oxygen atoms in total. The molecule has 7 heteroatoms. The van der Waals surface area contributed by atoms with E-state index in [0.717, 1.165) is 0 Å². The van der Waals surface area contributed by atoms with E-state index in [1.54, 1.807) is 27.1 Å². The van der Waals surface area contributed by atoms with Crippen LogP contribution in [-0.2, 0) is 0 Å². The van der Waals surface area contributed by atoms with Crippen molar-refractivity contribution in [2.45, 2.75) is 6.92 Å². The molecule has 1 aromatic carbocycles. The molecule has 0 radical (unpaired) electrons. The lowest BCUT2D eigenvalue weighted by Gasteiger charge is -2.17. The number of benzene rings is 1. The van der Waals surface area contributed by atoms with Gasteiger partial charge in [0.1, 0.15) is 0 Å². The second-order valence-electron chi connectivity index (χ2n) is 4.14. The average Bonchev–Trinajstić information content (AvgIpc) is 2.34. The van der Waals surface area contributed by atoms with E-state index in [-0.39, 0.29) is 24.0 Å². The zero-order valence-electron chi connectivity index (χ0n) is 11.2. The van der Waals surface area contributed by atoms with Crippen molar-refractivity contribution < 1.29 is 9.72 Å². The number of nitrogens with one attached hydrogen (secondary N) is 1. The maximum absolute atomic E-state index is 12.1. The van der Waals surface area contributed by atoms with Crippen LogP contribution in [0.15, 0.2) is 18.2 Å². The summed E-state index contributed by atoms with van der Waals surface area (Å²) in [4.78, 5) is 23.8. The monoisotopic (exact) mass is 287 g/mol. The Morgan fingerprint density at radius 3 is 2.58 bits per heavy atom. The molecule has 0 saturated heterocycles. The summed E-state index contributed by atoms with van der Waals surface area (Å²) in [5.74, 6) is -0.211. The van der Waals surface area contributed by atoms with E-state index < -0.39 is 4.92 Å². The minimum Gasteiger partial charge on any atom is -0.340 e. The molecule has 0 aliphatic carbocycles. The highest BCUT2D eigenvalue weighted by molar-refractivity contribution is 5.94. The topological polar surface area (TPSA) is 75.5 Å². The number of hydrogen-bond acceptors (Lipinski definition) is 4. The lowest BCUT2D eigenvalue weighted by Crippen LogP contribution is -2.32. The number of nitro benzene ring substituents is 1. The molecule has 0 unspecified atom stereocenters. The maximum Gasteiger partial charge on any atom is 0.270 e. The predicted molar refractivity (Wildman–Crippen MR) is 76.0 cm³/mol. The van der Waals surface area contributed by atoms with Crippen molar-refractivity contribution in [3.05, 3.63) is 39.4 Å². The summed E-state index contributed by atoms with van der Waals surface area (Å²) in [5, 5.41) is 13.7. The Hall–Kier alpha value is -1.66. The summed E-state index contributed by atoms with van der Waals surface area (Å²) in [6, 6.07) is 4.42. The Morgan fingerprint density at radius 2 is 2.05 bits per heavy atom. The van der Waals surface area contributed by atoms with Gasteiger partial charge in [-0.1, -0.05) is 0 Å². The number of halogens is 1. The Labute approximate surface area is 118 Å². The standard InChI is InChI=1S/C12H17N3O3.ClH/c1-9-6-10(8-11(7-9)15(17)18)12(16)14(3)5-4-13-2;/h6-8,13H,4-5H2,1-3H3;1H. The fourth-order valence-corrected chi connectivity index (χ4v) is 1.59. The molecular formula is C12H18ClN3O3. The van der Waals surface area contributed by atoms with Crippen molar-refractivity contribution in [1.82, 2.24) is 10.2 Å². The van der Waals surface area contributed by atoms with Gasteiger partial charge in [-0.3, -0.25) is 14.9 Å². The third-order valence-electron chi connectivity index (χ3n) is 2.56. The summed E-state index contributed by atoms with van der Waals surface area (Å²) in [7, 11) is 3.48. The second kappa shape index (κ2) is 7.70. The number of carbonyl (C=O) groups excluding carboxylic acids is 1. The molecule has 0 spiro atoms. The molecule has 106 valence electrons. The number of carbonyl (C=O) groups is 1. The molecule has 0 fully saturated rings. The van der Waals surface area contributed by atoms with Crippen LogP contribution in [0.5, 0.6) is 0 Å². The number of rotatable bonds is 5. The van der Waals surface area contributed by atoms with Gasteiger partial charge in [-0.05, 0) is 25.6 Å². The molecule has 0 aliphatic heterocycles. The minimum absolute atomic E-state index is 0. The normalized spacial score (nSPS) is 9.63. The highest BCUT2D eigenvalue weighted by atomic mass is 35.5. The Morgan fingerprint density at radius 1 is 1.42 bits per heavy atom. The first kappa shape index (κ1) is 17.3. The van der Waals surface area contributed by atoms with E-state index in [1.165, 1.54) is 17.0 Å². The summed E-state index contributed by atoms with van der Waals surface area (Å²) < 4.78 is 0. The molecule has 1 N–H and O–H groups in total. The Balaban J connectivity index is 0.00000324. The van der Waals surface area contributed by atoms with Gasteiger partial charge in [0, 0.05) is 37.8 Å². The number of non-ortho nitro benzene ring substituents is 1. The molecule has 1 amide bonds. The van der Waals surface area contributed by atoms with Gasteiger partial charge in [0.15, 0.2) is 0 Å². The SMILES string of the molecule is CNCCN(C)C(=O)c1cc(C)cc([N+](=O)[O-])c1.Cl. The van der Waals surface area contributed by atoms with Crippen LogP contribution < -0.4 is 5.32 Å². The van der Waals surface area contributed by atoms with E-state index >= 15 is 0 Å². The molecule has 0 aromatic heterocycles. The van der Waals surface area contributed by atoms with Gasteiger partial charge in [-0.15, -0.1) is 12.4 Å². The van der Waals surface area contributed by atoms with Crippen LogP contribution in [-0.4, -0.2) is 42.9 Å². The molecule has 1 aromatic rings. The zero-order valence-corrected chi connectivity index (χ0v) is 12.0. The quantitative estimate of drug-likeness (QED) is 0.659. The number of likely N-dealkylation sites (N-methyl/N-ethyl adjacent to an activating group) is 2. The van der Waals surface area contributed by atoms with Crippen LogP contribution in [0.4, 0.5) is 5.69 Å². The number of hydrogen-bond donors (Lipinski definition) is 1. The summed E-state index contributed by atoms with van der Waals surface area (Å²) in [6.45, 7) is 2.96. The number of amides is 1. The van der Waals surface area contributed by atoms with E-state index in [9.17, 15) is 14.9 Å². The van der Waals surface area contributed by atoms with E-state index in [4.69, 9.17) is 0 Å². The van der Waals surface area contributed by atoms with Gasteiger partial charge in [0.25, 0.3) is 11.6 Å². The molecule has 1 rings (SSSR count). The largest absolute Gasteiger partial charge is 0.340 e. The number of nitro groups is 1. The number of aryl methyl sites for hydroxylation is 1.